The molecule has 0 saturated carbocycles. The van der Waals surface area contributed by atoms with Crippen LogP contribution >= 0.6 is 23.2 Å². The fraction of sp³-hybridized carbons (Fsp3) is 1.00. The van der Waals surface area contributed by atoms with E-state index in [2.05, 4.69) is 13.8 Å². The van der Waals surface area contributed by atoms with Gasteiger partial charge in [-0.05, 0) is 12.8 Å². The molecule has 0 rings (SSSR count). The first-order valence-electron chi connectivity index (χ1n) is 7.47. The third-order valence-corrected chi connectivity index (χ3v) is 4.76. The first-order chi connectivity index (χ1) is 8.99. The molecular weight excluding hydrogens is 283 g/mol. The fourth-order valence-electron chi connectivity index (χ4n) is 2.52. The van der Waals surface area contributed by atoms with Crippen molar-refractivity contribution in [3.63, 3.8) is 0 Å². The van der Waals surface area contributed by atoms with Gasteiger partial charge in [-0.1, -0.05) is 82.0 Å². The van der Waals surface area contributed by atoms with Crippen molar-refractivity contribution in [3.05, 3.63) is 0 Å². The minimum absolute atomic E-state index is 0.607. The predicted molar refractivity (Wildman–Crippen MR) is 84.1 cm³/mol. The molecule has 0 aliphatic carbocycles. The summed E-state index contributed by atoms with van der Waals surface area (Å²) in [7, 11) is 3.20. The third-order valence-electron chi connectivity index (χ3n) is 3.77. The topological polar surface area (TPSA) is 18.5 Å². The highest BCUT2D eigenvalue weighted by molar-refractivity contribution is 6.48. The summed E-state index contributed by atoms with van der Waals surface area (Å²) in [6.45, 7) is 4.33. The zero-order valence-corrected chi connectivity index (χ0v) is 14.4. The van der Waals surface area contributed by atoms with Crippen LogP contribution < -0.4 is 0 Å². The number of hydrogen-bond acceptors (Lipinski definition) is 2. The highest BCUT2D eigenvalue weighted by atomic mass is 35.5. The van der Waals surface area contributed by atoms with E-state index in [-0.39, 0.29) is 0 Å². The van der Waals surface area contributed by atoms with Crippen LogP contribution in [0.1, 0.15) is 71.6 Å². The van der Waals surface area contributed by atoms with Crippen LogP contribution in [-0.4, -0.2) is 24.3 Å². The highest BCUT2D eigenvalue weighted by Gasteiger charge is 2.49. The Morgan fingerprint density at radius 1 is 0.737 bits per heavy atom. The van der Waals surface area contributed by atoms with Gasteiger partial charge in [0.25, 0.3) is 0 Å². The van der Waals surface area contributed by atoms with Crippen LogP contribution in [0.5, 0.6) is 0 Å². The lowest BCUT2D eigenvalue weighted by atomic mass is 9.91. The van der Waals surface area contributed by atoms with Crippen molar-refractivity contribution in [1.82, 2.24) is 0 Å². The molecule has 2 nitrogen and oxygen atoms in total. The number of alkyl halides is 2. The average Bonchev–Trinajstić information content (AvgIpc) is 2.41. The smallest absolute Gasteiger partial charge is 0.246 e. The third kappa shape index (κ3) is 6.20. The summed E-state index contributed by atoms with van der Waals surface area (Å²) in [6.07, 6.45) is 10.0. The Morgan fingerprint density at radius 2 is 1.32 bits per heavy atom. The molecule has 1 unspecified atom stereocenters. The van der Waals surface area contributed by atoms with E-state index in [1.54, 1.807) is 7.11 Å². The SMILES string of the molecule is CCCCCCCCC(CCC)(OC)C(Cl)(Cl)OC. The molecule has 0 aromatic heterocycles. The van der Waals surface area contributed by atoms with Gasteiger partial charge in [0.2, 0.25) is 4.52 Å². The molecule has 0 N–H and O–H groups in total. The van der Waals surface area contributed by atoms with Gasteiger partial charge < -0.3 is 9.47 Å². The number of ether oxygens (including phenoxy) is 2. The standard InChI is InChI=1S/C15H30Cl2O2/c1-5-7-8-9-10-11-13-14(18-3,12-6-2)15(16,17)19-4/h5-13H2,1-4H3. The average molecular weight is 313 g/mol. The van der Waals surface area contributed by atoms with E-state index in [9.17, 15) is 0 Å². The molecule has 0 aromatic carbocycles. The van der Waals surface area contributed by atoms with Crippen molar-refractivity contribution < 1.29 is 9.47 Å². The van der Waals surface area contributed by atoms with Crippen LogP contribution in [0.3, 0.4) is 0 Å². The summed E-state index contributed by atoms with van der Waals surface area (Å²) in [5.74, 6) is 0. The van der Waals surface area contributed by atoms with Crippen molar-refractivity contribution in [1.29, 1.82) is 0 Å². The molecule has 0 heterocycles. The van der Waals surface area contributed by atoms with Crippen LogP contribution in [0.15, 0.2) is 0 Å². The zero-order valence-electron chi connectivity index (χ0n) is 12.9. The van der Waals surface area contributed by atoms with Gasteiger partial charge in [0.15, 0.2) is 0 Å². The normalized spacial score (nSPS) is 15.5. The van der Waals surface area contributed by atoms with E-state index in [1.807, 2.05) is 0 Å². The molecule has 0 radical (unpaired) electrons. The molecule has 4 heteroatoms. The molecule has 1 atom stereocenters. The molecule has 0 saturated heterocycles. The van der Waals surface area contributed by atoms with Gasteiger partial charge in [-0.25, -0.2) is 0 Å². The number of methoxy groups -OCH3 is 2. The molecule has 0 spiro atoms. The molecule has 0 aliphatic heterocycles. The van der Waals surface area contributed by atoms with E-state index >= 15 is 0 Å². The Balaban J connectivity index is 4.35. The Labute approximate surface area is 129 Å². The van der Waals surface area contributed by atoms with Gasteiger partial charge in [0, 0.05) is 14.2 Å². The van der Waals surface area contributed by atoms with Gasteiger partial charge in [0.1, 0.15) is 5.60 Å². The van der Waals surface area contributed by atoms with Crippen molar-refractivity contribution in [3.8, 4) is 0 Å². The molecule has 0 bridgehead atoms. The number of hydrogen-bond donors (Lipinski definition) is 0. The minimum Gasteiger partial charge on any atom is -0.372 e. The van der Waals surface area contributed by atoms with E-state index in [1.165, 1.54) is 39.2 Å². The molecular formula is C15H30Cl2O2. The van der Waals surface area contributed by atoms with Crippen LogP contribution in [0, 0.1) is 0 Å². The van der Waals surface area contributed by atoms with Crippen molar-refractivity contribution >= 4 is 23.2 Å². The van der Waals surface area contributed by atoms with Crippen molar-refractivity contribution in [2.75, 3.05) is 14.2 Å². The summed E-state index contributed by atoms with van der Waals surface area (Å²) >= 11 is 12.6. The lowest BCUT2D eigenvalue weighted by molar-refractivity contribution is -0.114. The maximum atomic E-state index is 6.30. The number of unbranched alkanes of at least 4 members (excludes halogenated alkanes) is 5. The van der Waals surface area contributed by atoms with Gasteiger partial charge >= 0.3 is 0 Å². The summed E-state index contributed by atoms with van der Waals surface area (Å²) in [6, 6.07) is 0. The Kier molecular flexibility index (Phi) is 10.5. The first kappa shape index (κ1) is 19.5. The summed E-state index contributed by atoms with van der Waals surface area (Å²) in [4.78, 5) is 0. The Hall–Kier alpha value is 0.500. The van der Waals surface area contributed by atoms with Gasteiger partial charge in [0.05, 0.1) is 0 Å². The largest absolute Gasteiger partial charge is 0.372 e. The highest BCUT2D eigenvalue weighted by Crippen LogP contribution is 2.43. The van der Waals surface area contributed by atoms with E-state index < -0.39 is 10.1 Å². The number of rotatable bonds is 12. The summed E-state index contributed by atoms with van der Waals surface area (Å²) in [5, 5.41) is 0. The lowest BCUT2D eigenvalue weighted by Crippen LogP contribution is -2.49. The van der Waals surface area contributed by atoms with Gasteiger partial charge in [-0.2, -0.15) is 0 Å². The first-order valence-corrected chi connectivity index (χ1v) is 8.23. The van der Waals surface area contributed by atoms with E-state index in [4.69, 9.17) is 32.7 Å². The number of halogens is 2. The molecule has 0 aliphatic rings. The fourth-order valence-corrected chi connectivity index (χ4v) is 3.05. The Morgan fingerprint density at radius 3 is 1.79 bits per heavy atom. The molecule has 116 valence electrons. The second-order valence-electron chi connectivity index (χ2n) is 5.19. The lowest BCUT2D eigenvalue weighted by Gasteiger charge is -2.41. The monoisotopic (exact) mass is 312 g/mol. The molecule has 0 fully saturated rings. The van der Waals surface area contributed by atoms with Crippen LogP contribution in [0.4, 0.5) is 0 Å². The van der Waals surface area contributed by atoms with Crippen LogP contribution in [-0.2, 0) is 9.47 Å². The van der Waals surface area contributed by atoms with Crippen LogP contribution in [0.2, 0.25) is 0 Å². The van der Waals surface area contributed by atoms with Gasteiger partial charge in [-0.3, -0.25) is 0 Å². The minimum atomic E-state index is -1.28. The van der Waals surface area contributed by atoms with Crippen LogP contribution in [0.25, 0.3) is 0 Å². The maximum absolute atomic E-state index is 6.30. The quantitative estimate of drug-likeness (QED) is 0.340. The van der Waals surface area contributed by atoms with E-state index in [0.29, 0.717) is 0 Å². The maximum Gasteiger partial charge on any atom is 0.246 e. The second kappa shape index (κ2) is 10.3. The summed E-state index contributed by atoms with van der Waals surface area (Å²) < 4.78 is 9.64. The predicted octanol–water partition coefficient (Wildman–Crippen LogP) is 5.70. The van der Waals surface area contributed by atoms with Crippen molar-refractivity contribution in [2.45, 2.75) is 81.8 Å². The molecule has 19 heavy (non-hydrogen) atoms. The van der Waals surface area contributed by atoms with Gasteiger partial charge in [-0.15, -0.1) is 0 Å². The van der Waals surface area contributed by atoms with Crippen molar-refractivity contribution in [2.24, 2.45) is 0 Å². The molecule has 0 aromatic rings. The zero-order chi connectivity index (χ0) is 14.8. The second-order valence-corrected chi connectivity index (χ2v) is 6.45. The van der Waals surface area contributed by atoms with E-state index in [0.717, 1.165) is 25.7 Å². The Bertz CT molecular complexity index is 222. The molecule has 0 amide bonds. The summed E-state index contributed by atoms with van der Waals surface area (Å²) in [5.41, 5.74) is -0.607.